The van der Waals surface area contributed by atoms with E-state index in [1.165, 1.54) is 12.1 Å². The molecular weight excluding hydrogens is 325 g/mol. The van der Waals surface area contributed by atoms with Gasteiger partial charge in [0.1, 0.15) is 11.6 Å². The number of hydrogen-bond acceptors (Lipinski definition) is 2. The highest BCUT2D eigenvalue weighted by atomic mass is 19.1. The third-order valence-corrected chi connectivity index (χ3v) is 4.48. The summed E-state index contributed by atoms with van der Waals surface area (Å²) in [6.45, 7) is 0. The molecule has 0 bridgehead atoms. The van der Waals surface area contributed by atoms with Crippen LogP contribution in [0.25, 0.3) is 44.6 Å². The molecule has 0 aliphatic rings. The summed E-state index contributed by atoms with van der Waals surface area (Å²) in [6, 6.07) is 24.4. The number of rotatable bonds is 2. The van der Waals surface area contributed by atoms with Gasteiger partial charge < -0.3 is 4.98 Å². The smallest absolute Gasteiger partial charge is 0.139 e. The Labute approximate surface area is 149 Å². The number of aromatic nitrogens is 3. The Kier molecular flexibility index (Phi) is 3.28. The zero-order chi connectivity index (χ0) is 17.5. The van der Waals surface area contributed by atoms with E-state index in [0.717, 1.165) is 38.8 Å². The number of fused-ring (bicyclic) bond motifs is 2. The van der Waals surface area contributed by atoms with Gasteiger partial charge in [0.15, 0.2) is 0 Å². The van der Waals surface area contributed by atoms with Crippen LogP contribution in [0.5, 0.6) is 0 Å². The van der Waals surface area contributed by atoms with Crippen LogP contribution < -0.4 is 0 Å². The zero-order valence-electron chi connectivity index (χ0n) is 13.8. The highest BCUT2D eigenvalue weighted by Gasteiger charge is 2.13. The van der Waals surface area contributed by atoms with Crippen LogP contribution in [-0.2, 0) is 0 Å². The minimum atomic E-state index is -0.288. The average molecular weight is 339 g/mol. The van der Waals surface area contributed by atoms with E-state index < -0.39 is 0 Å². The molecule has 0 unspecified atom stereocenters. The van der Waals surface area contributed by atoms with Gasteiger partial charge in [-0.25, -0.2) is 14.4 Å². The van der Waals surface area contributed by atoms with Gasteiger partial charge in [-0.15, -0.1) is 0 Å². The van der Waals surface area contributed by atoms with Gasteiger partial charge in [0.05, 0.1) is 22.2 Å². The van der Waals surface area contributed by atoms with Crippen molar-refractivity contribution in [2.45, 2.75) is 0 Å². The van der Waals surface area contributed by atoms with Crippen LogP contribution in [-0.4, -0.2) is 15.0 Å². The van der Waals surface area contributed by atoms with Crippen molar-refractivity contribution in [2.75, 3.05) is 0 Å². The standard InChI is InChI=1S/C22H14FN3/c23-15-10-11-18-16(12-15)17(13-21(24-18)14-6-2-1-3-7-14)22-25-19-8-4-5-9-20(19)26-22/h1-13H,(H,25,26). The molecule has 0 saturated carbocycles. The lowest BCUT2D eigenvalue weighted by atomic mass is 10.0. The SMILES string of the molecule is Fc1ccc2nc(-c3ccccc3)cc(-c3nc4ccccc4[nH]3)c2c1. The fourth-order valence-corrected chi connectivity index (χ4v) is 3.23. The van der Waals surface area contributed by atoms with E-state index in [1.807, 2.05) is 60.7 Å². The zero-order valence-corrected chi connectivity index (χ0v) is 13.8. The van der Waals surface area contributed by atoms with Gasteiger partial charge in [-0.2, -0.15) is 0 Å². The summed E-state index contributed by atoms with van der Waals surface area (Å²) >= 11 is 0. The molecule has 0 spiro atoms. The molecule has 1 N–H and O–H groups in total. The van der Waals surface area contributed by atoms with Crippen molar-refractivity contribution < 1.29 is 4.39 Å². The summed E-state index contributed by atoms with van der Waals surface area (Å²) in [7, 11) is 0. The summed E-state index contributed by atoms with van der Waals surface area (Å²) in [5, 5.41) is 0.740. The number of imidazole rings is 1. The molecule has 0 amide bonds. The number of aromatic amines is 1. The second-order valence-corrected chi connectivity index (χ2v) is 6.19. The van der Waals surface area contributed by atoms with Crippen LogP contribution in [0.4, 0.5) is 4.39 Å². The summed E-state index contributed by atoms with van der Waals surface area (Å²) < 4.78 is 13.9. The van der Waals surface area contributed by atoms with E-state index >= 15 is 0 Å². The quantitative estimate of drug-likeness (QED) is 0.456. The van der Waals surface area contributed by atoms with Crippen molar-refractivity contribution in [3.8, 4) is 22.6 Å². The number of H-pyrrole nitrogens is 1. The molecule has 0 aliphatic heterocycles. The summed E-state index contributed by atoms with van der Waals surface area (Å²) in [4.78, 5) is 12.8. The molecule has 3 nitrogen and oxygen atoms in total. The van der Waals surface area contributed by atoms with Crippen LogP contribution in [0.15, 0.2) is 78.9 Å². The van der Waals surface area contributed by atoms with E-state index in [-0.39, 0.29) is 5.82 Å². The van der Waals surface area contributed by atoms with Gasteiger partial charge in [0, 0.05) is 16.5 Å². The number of pyridine rings is 1. The van der Waals surface area contributed by atoms with Crippen LogP contribution in [0.1, 0.15) is 0 Å². The summed E-state index contributed by atoms with van der Waals surface area (Å²) in [6.07, 6.45) is 0. The maximum absolute atomic E-state index is 13.9. The topological polar surface area (TPSA) is 41.6 Å². The van der Waals surface area contributed by atoms with E-state index in [4.69, 9.17) is 9.97 Å². The second-order valence-electron chi connectivity index (χ2n) is 6.19. The van der Waals surface area contributed by atoms with Crippen molar-refractivity contribution in [3.63, 3.8) is 0 Å². The molecule has 3 aromatic carbocycles. The first-order valence-electron chi connectivity index (χ1n) is 8.39. The molecule has 0 aliphatic carbocycles. The molecule has 0 fully saturated rings. The van der Waals surface area contributed by atoms with Crippen molar-refractivity contribution in [1.82, 2.24) is 15.0 Å². The fourth-order valence-electron chi connectivity index (χ4n) is 3.23. The lowest BCUT2D eigenvalue weighted by Gasteiger charge is -2.08. The van der Waals surface area contributed by atoms with Gasteiger partial charge in [-0.3, -0.25) is 0 Å². The predicted octanol–water partition coefficient (Wildman–Crippen LogP) is 5.58. The first-order valence-corrected chi connectivity index (χ1v) is 8.39. The normalized spacial score (nSPS) is 11.3. The molecule has 5 rings (SSSR count). The molecule has 0 atom stereocenters. The van der Waals surface area contributed by atoms with Gasteiger partial charge in [0.25, 0.3) is 0 Å². The third-order valence-electron chi connectivity index (χ3n) is 4.48. The largest absolute Gasteiger partial charge is 0.338 e. The Morgan fingerprint density at radius 3 is 2.38 bits per heavy atom. The lowest BCUT2D eigenvalue weighted by Crippen LogP contribution is -1.92. The number of nitrogens with one attached hydrogen (secondary N) is 1. The molecule has 2 aromatic heterocycles. The molecular formula is C22H14FN3. The van der Waals surface area contributed by atoms with E-state index in [2.05, 4.69) is 4.98 Å². The molecule has 2 heterocycles. The maximum Gasteiger partial charge on any atom is 0.139 e. The highest BCUT2D eigenvalue weighted by molar-refractivity contribution is 5.96. The predicted molar refractivity (Wildman–Crippen MR) is 102 cm³/mol. The minimum absolute atomic E-state index is 0.288. The summed E-state index contributed by atoms with van der Waals surface area (Å²) in [5.41, 5.74) is 5.25. The molecule has 26 heavy (non-hydrogen) atoms. The van der Waals surface area contributed by atoms with Gasteiger partial charge in [-0.05, 0) is 36.4 Å². The molecule has 5 aromatic rings. The monoisotopic (exact) mass is 339 g/mol. The van der Waals surface area contributed by atoms with Gasteiger partial charge in [0.2, 0.25) is 0 Å². The Hall–Kier alpha value is -3.53. The Bertz CT molecular complexity index is 1210. The number of halogens is 1. The first-order chi connectivity index (χ1) is 12.8. The van der Waals surface area contributed by atoms with E-state index in [9.17, 15) is 4.39 Å². The highest BCUT2D eigenvalue weighted by Crippen LogP contribution is 2.32. The Balaban J connectivity index is 1.82. The number of benzene rings is 3. The van der Waals surface area contributed by atoms with E-state index in [0.29, 0.717) is 5.82 Å². The van der Waals surface area contributed by atoms with Gasteiger partial charge >= 0.3 is 0 Å². The van der Waals surface area contributed by atoms with Crippen LogP contribution in [0, 0.1) is 5.82 Å². The van der Waals surface area contributed by atoms with Crippen molar-refractivity contribution in [1.29, 1.82) is 0 Å². The molecule has 124 valence electrons. The Morgan fingerprint density at radius 2 is 1.54 bits per heavy atom. The second kappa shape index (κ2) is 5.77. The average Bonchev–Trinajstić information content (AvgIpc) is 3.12. The van der Waals surface area contributed by atoms with Crippen molar-refractivity contribution in [3.05, 3.63) is 84.7 Å². The van der Waals surface area contributed by atoms with Crippen LogP contribution in [0.3, 0.4) is 0 Å². The van der Waals surface area contributed by atoms with E-state index in [1.54, 1.807) is 6.07 Å². The number of hydrogen-bond donors (Lipinski definition) is 1. The lowest BCUT2D eigenvalue weighted by molar-refractivity contribution is 0.629. The first kappa shape index (κ1) is 14.8. The van der Waals surface area contributed by atoms with Crippen molar-refractivity contribution >= 4 is 21.9 Å². The van der Waals surface area contributed by atoms with Crippen LogP contribution in [0.2, 0.25) is 0 Å². The number of para-hydroxylation sites is 2. The molecule has 4 heteroatoms. The molecule has 0 radical (unpaired) electrons. The van der Waals surface area contributed by atoms with Gasteiger partial charge in [-0.1, -0.05) is 42.5 Å². The van der Waals surface area contributed by atoms with Crippen LogP contribution >= 0.6 is 0 Å². The number of nitrogens with zero attached hydrogens (tertiary/aromatic N) is 2. The molecule has 0 saturated heterocycles. The third kappa shape index (κ3) is 2.43. The Morgan fingerprint density at radius 1 is 0.731 bits per heavy atom. The maximum atomic E-state index is 13.9. The fraction of sp³-hybridized carbons (Fsp3) is 0. The minimum Gasteiger partial charge on any atom is -0.338 e. The summed E-state index contributed by atoms with van der Waals surface area (Å²) in [5.74, 6) is 0.422. The van der Waals surface area contributed by atoms with Crippen molar-refractivity contribution in [2.24, 2.45) is 0 Å².